The zero-order valence-corrected chi connectivity index (χ0v) is 12.0. The number of nitrogens with zero attached hydrogens (tertiary/aromatic N) is 2. The summed E-state index contributed by atoms with van der Waals surface area (Å²) < 4.78 is 31.1. The van der Waals surface area contributed by atoms with Gasteiger partial charge in [-0.25, -0.2) is 18.6 Å². The van der Waals surface area contributed by atoms with Gasteiger partial charge in [0.2, 0.25) is 0 Å². The summed E-state index contributed by atoms with van der Waals surface area (Å²) in [5, 5.41) is 0.344. The van der Waals surface area contributed by atoms with Crippen molar-refractivity contribution in [2.45, 2.75) is 25.7 Å². The molecule has 1 saturated heterocycles. The third kappa shape index (κ3) is 3.00. The van der Waals surface area contributed by atoms with Gasteiger partial charge in [-0.15, -0.1) is 0 Å². The van der Waals surface area contributed by atoms with Crippen LogP contribution in [-0.4, -0.2) is 37.1 Å². The van der Waals surface area contributed by atoms with E-state index >= 15 is 0 Å². The highest BCUT2D eigenvalue weighted by Crippen LogP contribution is 2.32. The first kappa shape index (κ1) is 15.0. The molecule has 1 aliphatic heterocycles. The van der Waals surface area contributed by atoms with E-state index in [4.69, 9.17) is 16.3 Å². The first-order valence-electron chi connectivity index (χ1n) is 6.22. The second kappa shape index (κ2) is 5.52. The molecule has 2 heterocycles. The Bertz CT molecular complexity index is 527. The van der Waals surface area contributed by atoms with E-state index in [-0.39, 0.29) is 31.5 Å². The highest BCUT2D eigenvalue weighted by molar-refractivity contribution is 6.31. The number of alkyl halides is 2. The molecule has 0 spiro atoms. The molecular formula is C13H15ClF2N2O2. The standard InChI is InChI=1S/C13H15ClF2N2O2/c1-8-10(14)7-9(12(19)20-2)11(17-8)18-5-3-13(15,16)4-6-18/h7H,3-6H2,1-2H3. The summed E-state index contributed by atoms with van der Waals surface area (Å²) in [6.45, 7) is 1.99. The molecule has 0 bridgehead atoms. The number of carbonyl (C=O) groups excluding carboxylic acids is 1. The number of hydrogen-bond donors (Lipinski definition) is 0. The number of halogens is 3. The molecule has 0 N–H and O–H groups in total. The van der Waals surface area contributed by atoms with E-state index in [1.54, 1.807) is 11.8 Å². The zero-order chi connectivity index (χ0) is 14.9. The van der Waals surface area contributed by atoms with Crippen molar-refractivity contribution in [1.82, 2.24) is 4.98 Å². The Labute approximate surface area is 120 Å². The Morgan fingerprint density at radius 3 is 2.60 bits per heavy atom. The van der Waals surface area contributed by atoms with E-state index in [0.29, 0.717) is 16.5 Å². The molecule has 0 unspecified atom stereocenters. The number of piperidine rings is 1. The van der Waals surface area contributed by atoms with Gasteiger partial charge in [0.1, 0.15) is 11.4 Å². The largest absolute Gasteiger partial charge is 0.465 e. The van der Waals surface area contributed by atoms with Crippen LogP contribution in [-0.2, 0) is 4.74 Å². The fourth-order valence-corrected chi connectivity index (χ4v) is 2.27. The molecule has 1 aromatic rings. The van der Waals surface area contributed by atoms with Crippen LogP contribution >= 0.6 is 11.6 Å². The molecule has 0 aliphatic carbocycles. The molecule has 1 aromatic heterocycles. The highest BCUT2D eigenvalue weighted by atomic mass is 35.5. The molecular weight excluding hydrogens is 290 g/mol. The van der Waals surface area contributed by atoms with Gasteiger partial charge in [-0.1, -0.05) is 11.6 Å². The van der Waals surface area contributed by atoms with E-state index in [1.807, 2.05) is 0 Å². The van der Waals surface area contributed by atoms with Gasteiger partial charge in [-0.05, 0) is 13.0 Å². The normalized spacial score (nSPS) is 17.9. The van der Waals surface area contributed by atoms with Crippen LogP contribution in [0.25, 0.3) is 0 Å². The Hall–Kier alpha value is -1.43. The third-order valence-electron chi connectivity index (χ3n) is 3.33. The molecule has 1 aliphatic rings. The lowest BCUT2D eigenvalue weighted by atomic mass is 10.1. The minimum Gasteiger partial charge on any atom is -0.465 e. The molecule has 0 atom stereocenters. The maximum atomic E-state index is 13.2. The fourth-order valence-electron chi connectivity index (χ4n) is 2.12. The lowest BCUT2D eigenvalue weighted by molar-refractivity contribution is -0.0221. The molecule has 20 heavy (non-hydrogen) atoms. The second-order valence-corrected chi connectivity index (χ2v) is 5.17. The number of anilines is 1. The summed E-state index contributed by atoms with van der Waals surface area (Å²) in [7, 11) is 1.25. The predicted molar refractivity (Wildman–Crippen MR) is 71.7 cm³/mol. The van der Waals surface area contributed by atoms with Crippen LogP contribution in [0.2, 0.25) is 5.02 Å². The molecule has 1 fully saturated rings. The predicted octanol–water partition coefficient (Wildman–Crippen LogP) is 3.07. The highest BCUT2D eigenvalue weighted by Gasteiger charge is 2.35. The van der Waals surface area contributed by atoms with Crippen molar-refractivity contribution in [3.8, 4) is 0 Å². The number of aromatic nitrogens is 1. The van der Waals surface area contributed by atoms with Crippen molar-refractivity contribution in [3.63, 3.8) is 0 Å². The molecule has 2 rings (SSSR count). The van der Waals surface area contributed by atoms with Gasteiger partial charge in [-0.2, -0.15) is 0 Å². The zero-order valence-electron chi connectivity index (χ0n) is 11.3. The van der Waals surface area contributed by atoms with Crippen LogP contribution < -0.4 is 4.90 Å². The monoisotopic (exact) mass is 304 g/mol. The van der Waals surface area contributed by atoms with Crippen LogP contribution in [0, 0.1) is 6.92 Å². The first-order valence-corrected chi connectivity index (χ1v) is 6.60. The Morgan fingerprint density at radius 1 is 1.45 bits per heavy atom. The third-order valence-corrected chi connectivity index (χ3v) is 3.71. The summed E-state index contributed by atoms with van der Waals surface area (Å²) >= 11 is 5.96. The van der Waals surface area contributed by atoms with Crippen LogP contribution in [0.5, 0.6) is 0 Å². The lowest BCUT2D eigenvalue weighted by Crippen LogP contribution is -2.40. The summed E-state index contributed by atoms with van der Waals surface area (Å²) in [5.74, 6) is -2.87. The second-order valence-electron chi connectivity index (χ2n) is 4.76. The number of ether oxygens (including phenoxy) is 1. The summed E-state index contributed by atoms with van der Waals surface area (Å²) in [6.07, 6.45) is -0.506. The molecule has 0 aromatic carbocycles. The van der Waals surface area contributed by atoms with Crippen molar-refractivity contribution in [3.05, 3.63) is 22.3 Å². The van der Waals surface area contributed by atoms with Crippen molar-refractivity contribution in [1.29, 1.82) is 0 Å². The van der Waals surface area contributed by atoms with E-state index in [2.05, 4.69) is 4.98 Å². The van der Waals surface area contributed by atoms with E-state index < -0.39 is 11.9 Å². The van der Waals surface area contributed by atoms with Crippen LogP contribution in [0.3, 0.4) is 0 Å². The average molecular weight is 305 g/mol. The fraction of sp³-hybridized carbons (Fsp3) is 0.538. The number of aryl methyl sites for hydroxylation is 1. The number of pyridine rings is 1. The van der Waals surface area contributed by atoms with Gasteiger partial charge in [0.05, 0.1) is 17.8 Å². The van der Waals surface area contributed by atoms with Gasteiger partial charge in [-0.3, -0.25) is 0 Å². The maximum Gasteiger partial charge on any atom is 0.341 e. The molecule has 0 saturated carbocycles. The van der Waals surface area contributed by atoms with Crippen molar-refractivity contribution >= 4 is 23.4 Å². The molecule has 110 valence electrons. The van der Waals surface area contributed by atoms with Crippen LogP contribution in [0.1, 0.15) is 28.9 Å². The number of esters is 1. The van der Waals surface area contributed by atoms with E-state index in [9.17, 15) is 13.6 Å². The van der Waals surface area contributed by atoms with E-state index in [0.717, 1.165) is 0 Å². The molecule has 4 nitrogen and oxygen atoms in total. The molecule has 0 radical (unpaired) electrons. The molecule has 0 amide bonds. The van der Waals surface area contributed by atoms with Gasteiger partial charge in [0.25, 0.3) is 5.92 Å². The van der Waals surface area contributed by atoms with Crippen LogP contribution in [0.15, 0.2) is 6.07 Å². The lowest BCUT2D eigenvalue weighted by Gasteiger charge is -2.33. The van der Waals surface area contributed by atoms with Gasteiger partial charge >= 0.3 is 5.97 Å². The quantitative estimate of drug-likeness (QED) is 0.788. The van der Waals surface area contributed by atoms with Crippen molar-refractivity contribution < 1.29 is 18.3 Å². The number of hydrogen-bond acceptors (Lipinski definition) is 4. The van der Waals surface area contributed by atoms with Gasteiger partial charge < -0.3 is 9.64 Å². The summed E-state index contributed by atoms with van der Waals surface area (Å²) in [4.78, 5) is 17.7. The number of rotatable bonds is 2. The minimum atomic E-state index is -2.65. The Balaban J connectivity index is 2.35. The topological polar surface area (TPSA) is 42.4 Å². The summed E-state index contributed by atoms with van der Waals surface area (Å²) in [5.41, 5.74) is 0.750. The Kier molecular flexibility index (Phi) is 4.13. The average Bonchev–Trinajstić information content (AvgIpc) is 2.40. The first-order chi connectivity index (χ1) is 9.34. The van der Waals surface area contributed by atoms with Crippen LogP contribution in [0.4, 0.5) is 14.6 Å². The maximum absolute atomic E-state index is 13.2. The van der Waals surface area contributed by atoms with Gasteiger partial charge in [0, 0.05) is 25.9 Å². The van der Waals surface area contributed by atoms with Crippen molar-refractivity contribution in [2.24, 2.45) is 0 Å². The smallest absolute Gasteiger partial charge is 0.341 e. The Morgan fingerprint density at radius 2 is 2.05 bits per heavy atom. The SMILES string of the molecule is COC(=O)c1cc(Cl)c(C)nc1N1CCC(F)(F)CC1. The van der Waals surface area contributed by atoms with E-state index in [1.165, 1.54) is 13.2 Å². The minimum absolute atomic E-state index is 0.144. The molecule has 7 heteroatoms. The van der Waals surface area contributed by atoms with Crippen molar-refractivity contribution in [2.75, 3.05) is 25.1 Å². The number of methoxy groups -OCH3 is 1. The van der Waals surface area contributed by atoms with Gasteiger partial charge in [0.15, 0.2) is 0 Å². The summed E-state index contributed by atoms with van der Waals surface area (Å²) in [6, 6.07) is 1.47. The number of carbonyl (C=O) groups is 1.